The highest BCUT2D eigenvalue weighted by atomic mass is 16.5. The number of benzene rings is 1. The van der Waals surface area contributed by atoms with Gasteiger partial charge in [-0.25, -0.2) is 0 Å². The van der Waals surface area contributed by atoms with Gasteiger partial charge in [-0.05, 0) is 49.8 Å². The zero-order valence-electron chi connectivity index (χ0n) is 14.6. The Bertz CT molecular complexity index is 757. The summed E-state index contributed by atoms with van der Waals surface area (Å²) in [4.78, 5) is 19.4. The Balaban J connectivity index is 1.43. The molecule has 1 saturated heterocycles. The third kappa shape index (κ3) is 3.58. The van der Waals surface area contributed by atoms with E-state index in [-0.39, 0.29) is 11.9 Å². The molecule has 0 unspecified atom stereocenters. The van der Waals surface area contributed by atoms with Gasteiger partial charge in [-0.3, -0.25) is 9.69 Å². The van der Waals surface area contributed by atoms with Crippen LogP contribution in [0.2, 0.25) is 0 Å². The highest BCUT2D eigenvalue weighted by Gasteiger charge is 2.32. The topological polar surface area (TPSA) is 71.3 Å². The summed E-state index contributed by atoms with van der Waals surface area (Å²) in [5, 5.41) is 7.14. The molecule has 1 fully saturated rings. The van der Waals surface area contributed by atoms with Crippen LogP contribution >= 0.6 is 0 Å². The molecule has 6 heteroatoms. The van der Waals surface area contributed by atoms with Gasteiger partial charge in [0.2, 0.25) is 11.8 Å². The van der Waals surface area contributed by atoms with E-state index in [1.54, 1.807) is 0 Å². The van der Waals surface area contributed by atoms with E-state index in [0.29, 0.717) is 11.8 Å². The summed E-state index contributed by atoms with van der Waals surface area (Å²) < 4.78 is 5.08. The van der Waals surface area contributed by atoms with E-state index in [9.17, 15) is 4.79 Å². The van der Waals surface area contributed by atoms with Gasteiger partial charge in [-0.15, -0.1) is 0 Å². The quantitative estimate of drug-likeness (QED) is 0.930. The maximum absolute atomic E-state index is 12.8. The maximum atomic E-state index is 12.8. The number of para-hydroxylation sites is 1. The molecule has 2 atom stereocenters. The lowest BCUT2D eigenvalue weighted by molar-refractivity contribution is -0.122. The normalized spacial score (nSPS) is 24.4. The number of fused-ring (bicyclic) bond motifs is 1. The molecule has 1 aromatic heterocycles. The van der Waals surface area contributed by atoms with Crippen LogP contribution < -0.4 is 5.32 Å². The van der Waals surface area contributed by atoms with Crippen LogP contribution in [0, 0.1) is 12.8 Å². The number of carbonyl (C=O) groups is 1. The number of hydrogen-bond acceptors (Lipinski definition) is 5. The Hall–Kier alpha value is -2.21. The van der Waals surface area contributed by atoms with Gasteiger partial charge in [0.25, 0.3) is 0 Å². The minimum Gasteiger partial charge on any atom is -0.340 e. The summed E-state index contributed by atoms with van der Waals surface area (Å²) >= 11 is 0. The lowest BCUT2D eigenvalue weighted by atomic mass is 9.92. The molecule has 0 saturated carbocycles. The fraction of sp³-hybridized carbons (Fsp3) is 0.526. The van der Waals surface area contributed by atoms with Crippen molar-refractivity contribution in [2.75, 3.05) is 18.4 Å². The Labute approximate surface area is 147 Å². The van der Waals surface area contributed by atoms with E-state index in [1.807, 2.05) is 25.1 Å². The lowest BCUT2D eigenvalue weighted by Crippen LogP contribution is -2.48. The second-order valence-corrected chi connectivity index (χ2v) is 7.14. The molecule has 1 aromatic carbocycles. The summed E-state index contributed by atoms with van der Waals surface area (Å²) in [7, 11) is 0. The van der Waals surface area contributed by atoms with Gasteiger partial charge < -0.3 is 9.84 Å². The molecule has 1 amide bonds. The Kier molecular flexibility index (Phi) is 4.53. The van der Waals surface area contributed by atoms with Crippen molar-refractivity contribution in [1.82, 2.24) is 15.0 Å². The first-order valence-corrected chi connectivity index (χ1v) is 9.11. The molecule has 0 aliphatic carbocycles. The first-order chi connectivity index (χ1) is 12.2. The van der Waals surface area contributed by atoms with E-state index in [1.165, 1.54) is 5.56 Å². The third-order valence-corrected chi connectivity index (χ3v) is 5.30. The van der Waals surface area contributed by atoms with Crippen LogP contribution in [0.15, 0.2) is 28.8 Å². The summed E-state index contributed by atoms with van der Waals surface area (Å²) in [5.41, 5.74) is 2.19. The van der Waals surface area contributed by atoms with Crippen LogP contribution in [-0.4, -0.2) is 40.1 Å². The fourth-order valence-corrected chi connectivity index (χ4v) is 4.08. The van der Waals surface area contributed by atoms with Gasteiger partial charge >= 0.3 is 0 Å². The van der Waals surface area contributed by atoms with Crippen LogP contribution in [0.5, 0.6) is 0 Å². The van der Waals surface area contributed by atoms with E-state index in [0.717, 1.165) is 56.7 Å². The van der Waals surface area contributed by atoms with Gasteiger partial charge in [0, 0.05) is 25.6 Å². The number of amides is 1. The first-order valence-electron chi connectivity index (χ1n) is 9.11. The van der Waals surface area contributed by atoms with Crippen LogP contribution in [0.1, 0.15) is 36.5 Å². The zero-order chi connectivity index (χ0) is 17.2. The van der Waals surface area contributed by atoms with Crippen LogP contribution in [0.4, 0.5) is 5.69 Å². The van der Waals surface area contributed by atoms with Gasteiger partial charge in [0.1, 0.15) is 0 Å². The Morgan fingerprint density at radius 1 is 1.32 bits per heavy atom. The molecule has 2 aliphatic rings. The number of carbonyl (C=O) groups excluding carboxylic acids is 1. The van der Waals surface area contributed by atoms with Crippen molar-refractivity contribution in [2.45, 2.75) is 45.1 Å². The molecule has 1 N–H and O–H groups in total. The van der Waals surface area contributed by atoms with E-state index < -0.39 is 0 Å². The molecular weight excluding hydrogens is 316 g/mol. The smallest absolute Gasteiger partial charge is 0.241 e. The predicted octanol–water partition coefficient (Wildman–Crippen LogP) is 2.59. The van der Waals surface area contributed by atoms with Crippen molar-refractivity contribution < 1.29 is 9.32 Å². The number of piperidine rings is 1. The number of nitrogens with zero attached hydrogens (tertiary/aromatic N) is 3. The van der Waals surface area contributed by atoms with Crippen molar-refractivity contribution in [3.63, 3.8) is 0 Å². The van der Waals surface area contributed by atoms with Gasteiger partial charge in [-0.1, -0.05) is 23.4 Å². The molecule has 3 heterocycles. The Morgan fingerprint density at radius 2 is 2.20 bits per heavy atom. The van der Waals surface area contributed by atoms with Gasteiger partial charge in [0.15, 0.2) is 5.82 Å². The molecule has 2 aliphatic heterocycles. The van der Waals surface area contributed by atoms with Crippen molar-refractivity contribution >= 4 is 11.6 Å². The van der Waals surface area contributed by atoms with Crippen LogP contribution in [-0.2, 0) is 17.6 Å². The number of hydrogen-bond donors (Lipinski definition) is 1. The van der Waals surface area contributed by atoms with Gasteiger partial charge in [0.05, 0.1) is 6.04 Å². The number of aryl methyl sites for hydroxylation is 2. The summed E-state index contributed by atoms with van der Waals surface area (Å²) in [6, 6.07) is 8.06. The minimum absolute atomic E-state index is 0.0535. The van der Waals surface area contributed by atoms with Crippen molar-refractivity contribution in [3.05, 3.63) is 41.5 Å². The number of nitrogens with one attached hydrogen (secondary N) is 1. The van der Waals surface area contributed by atoms with Gasteiger partial charge in [-0.2, -0.15) is 4.98 Å². The van der Waals surface area contributed by atoms with Crippen molar-refractivity contribution in [3.8, 4) is 0 Å². The van der Waals surface area contributed by atoms with E-state index in [4.69, 9.17) is 4.52 Å². The average Bonchev–Trinajstić information content (AvgIpc) is 2.93. The van der Waals surface area contributed by atoms with Crippen LogP contribution in [0.3, 0.4) is 0 Å². The molecule has 2 aromatic rings. The van der Waals surface area contributed by atoms with Crippen LogP contribution in [0.25, 0.3) is 0 Å². The SMILES string of the molecule is Cc1nc(C[C@@H]2CCCN([C@H]3CCc4ccccc4NC3=O)C2)no1. The number of aromatic nitrogens is 2. The number of rotatable bonds is 3. The molecule has 6 nitrogen and oxygen atoms in total. The standard InChI is InChI=1S/C19H24N4O2/c1-13-20-18(22-25-13)11-14-5-4-10-23(12-14)17-9-8-15-6-2-3-7-16(15)21-19(17)24/h2-3,6-7,14,17H,4-5,8-12H2,1H3,(H,21,24)/t14-,17-/m0/s1. The average molecular weight is 340 g/mol. The lowest BCUT2D eigenvalue weighted by Gasteiger charge is -2.36. The summed E-state index contributed by atoms with van der Waals surface area (Å²) in [6.07, 6.45) is 4.89. The predicted molar refractivity (Wildman–Crippen MR) is 94.2 cm³/mol. The number of anilines is 1. The summed E-state index contributed by atoms with van der Waals surface area (Å²) in [6.45, 7) is 3.72. The summed E-state index contributed by atoms with van der Waals surface area (Å²) in [5.74, 6) is 2.00. The molecule has 4 rings (SSSR count). The monoisotopic (exact) mass is 340 g/mol. The second-order valence-electron chi connectivity index (χ2n) is 7.14. The highest BCUT2D eigenvalue weighted by molar-refractivity contribution is 5.96. The fourth-order valence-electron chi connectivity index (χ4n) is 4.08. The first kappa shape index (κ1) is 16.3. The maximum Gasteiger partial charge on any atom is 0.241 e. The van der Waals surface area contributed by atoms with Crippen molar-refractivity contribution in [1.29, 1.82) is 0 Å². The third-order valence-electron chi connectivity index (χ3n) is 5.30. The minimum atomic E-state index is -0.0535. The Morgan fingerprint density at radius 3 is 3.04 bits per heavy atom. The molecule has 0 spiro atoms. The van der Waals surface area contributed by atoms with E-state index in [2.05, 4.69) is 26.4 Å². The largest absolute Gasteiger partial charge is 0.340 e. The second kappa shape index (κ2) is 6.96. The highest BCUT2D eigenvalue weighted by Crippen LogP contribution is 2.27. The molecule has 25 heavy (non-hydrogen) atoms. The van der Waals surface area contributed by atoms with E-state index >= 15 is 0 Å². The molecule has 132 valence electrons. The number of likely N-dealkylation sites (tertiary alicyclic amines) is 1. The van der Waals surface area contributed by atoms with Crippen molar-refractivity contribution in [2.24, 2.45) is 5.92 Å². The zero-order valence-corrected chi connectivity index (χ0v) is 14.6. The molecular formula is C19H24N4O2. The molecule has 0 radical (unpaired) electrons. The molecule has 0 bridgehead atoms.